The number of carbonyl (C=O) groups is 1. The van der Waals surface area contributed by atoms with Crippen molar-refractivity contribution in [2.24, 2.45) is 0 Å². The van der Waals surface area contributed by atoms with Crippen molar-refractivity contribution < 1.29 is 22.7 Å². The second-order valence-corrected chi connectivity index (χ2v) is 8.24. The Hall–Kier alpha value is -1.60. The highest BCUT2D eigenvalue weighted by molar-refractivity contribution is 7.92. The SMILES string of the molecule is CS(=O)(=O)Nc1ccc(OC(=O)CCCCCCCCC2CO2)cc1. The highest BCUT2D eigenvalue weighted by Crippen LogP contribution is 2.19. The van der Waals surface area contributed by atoms with Crippen molar-refractivity contribution >= 4 is 21.7 Å². The lowest BCUT2D eigenvalue weighted by atomic mass is 10.1. The van der Waals surface area contributed by atoms with Crippen molar-refractivity contribution in [2.75, 3.05) is 17.6 Å². The number of esters is 1. The molecule has 1 atom stereocenters. The summed E-state index contributed by atoms with van der Waals surface area (Å²) in [5.41, 5.74) is 0.440. The van der Waals surface area contributed by atoms with E-state index in [0.29, 0.717) is 24.0 Å². The zero-order chi connectivity index (χ0) is 18.1. The number of hydrogen-bond acceptors (Lipinski definition) is 5. The third-order valence-corrected chi connectivity index (χ3v) is 4.56. The number of nitrogens with one attached hydrogen (secondary N) is 1. The first kappa shape index (κ1) is 19.7. The summed E-state index contributed by atoms with van der Waals surface area (Å²) in [5.74, 6) is 0.168. The first-order valence-electron chi connectivity index (χ1n) is 8.82. The van der Waals surface area contributed by atoms with E-state index in [1.165, 1.54) is 25.7 Å². The molecule has 1 fully saturated rings. The molecule has 2 rings (SSSR count). The van der Waals surface area contributed by atoms with Crippen LogP contribution in [0.5, 0.6) is 5.75 Å². The van der Waals surface area contributed by atoms with Crippen molar-refractivity contribution in [3.05, 3.63) is 24.3 Å². The van der Waals surface area contributed by atoms with Gasteiger partial charge in [-0.2, -0.15) is 0 Å². The van der Waals surface area contributed by atoms with Gasteiger partial charge in [0.2, 0.25) is 10.0 Å². The Morgan fingerprint density at radius 1 is 1.12 bits per heavy atom. The number of epoxide rings is 1. The fourth-order valence-electron chi connectivity index (χ4n) is 2.57. The highest BCUT2D eigenvalue weighted by atomic mass is 32.2. The largest absolute Gasteiger partial charge is 0.427 e. The van der Waals surface area contributed by atoms with Crippen LogP contribution in [0.25, 0.3) is 0 Å². The van der Waals surface area contributed by atoms with Gasteiger partial charge in [-0.15, -0.1) is 0 Å². The number of carbonyl (C=O) groups excluding carboxylic acids is 1. The van der Waals surface area contributed by atoms with Gasteiger partial charge in [0.15, 0.2) is 0 Å². The molecule has 0 radical (unpaired) electrons. The van der Waals surface area contributed by atoms with E-state index in [1.807, 2.05) is 0 Å². The maximum atomic E-state index is 11.8. The summed E-state index contributed by atoms with van der Waals surface area (Å²) >= 11 is 0. The molecule has 1 N–H and O–H groups in total. The molecule has 1 aromatic carbocycles. The summed E-state index contributed by atoms with van der Waals surface area (Å²) in [6, 6.07) is 6.29. The molecular formula is C18H27NO5S. The predicted molar refractivity (Wildman–Crippen MR) is 97.2 cm³/mol. The van der Waals surface area contributed by atoms with E-state index in [0.717, 1.165) is 32.1 Å². The molecule has 1 aromatic rings. The Kier molecular flexibility index (Phi) is 7.71. The van der Waals surface area contributed by atoms with Gasteiger partial charge >= 0.3 is 5.97 Å². The van der Waals surface area contributed by atoms with E-state index in [1.54, 1.807) is 24.3 Å². The fourth-order valence-corrected chi connectivity index (χ4v) is 3.13. The van der Waals surface area contributed by atoms with Crippen LogP contribution in [0, 0.1) is 0 Å². The van der Waals surface area contributed by atoms with E-state index in [9.17, 15) is 13.2 Å². The Balaban J connectivity index is 1.53. The summed E-state index contributed by atoms with van der Waals surface area (Å²) in [6.07, 6.45) is 9.89. The first-order valence-corrected chi connectivity index (χ1v) is 10.7. The van der Waals surface area contributed by atoms with E-state index >= 15 is 0 Å². The topological polar surface area (TPSA) is 85.0 Å². The molecule has 6 nitrogen and oxygen atoms in total. The van der Waals surface area contributed by atoms with Crippen LogP contribution in [-0.2, 0) is 19.6 Å². The quantitative estimate of drug-likeness (QED) is 0.264. The minimum absolute atomic E-state index is 0.255. The van der Waals surface area contributed by atoms with Gasteiger partial charge in [0.25, 0.3) is 0 Å². The molecular weight excluding hydrogens is 342 g/mol. The van der Waals surface area contributed by atoms with Crippen LogP contribution < -0.4 is 9.46 Å². The maximum Gasteiger partial charge on any atom is 0.311 e. The van der Waals surface area contributed by atoms with Crippen molar-refractivity contribution in [3.63, 3.8) is 0 Å². The van der Waals surface area contributed by atoms with Crippen molar-refractivity contribution in [2.45, 2.75) is 57.5 Å². The van der Waals surface area contributed by atoms with Gasteiger partial charge in [-0.05, 0) is 37.1 Å². The van der Waals surface area contributed by atoms with Crippen LogP contribution in [0.2, 0.25) is 0 Å². The number of benzene rings is 1. The van der Waals surface area contributed by atoms with Crippen molar-refractivity contribution in [1.29, 1.82) is 0 Å². The molecule has 7 heteroatoms. The number of rotatable bonds is 12. The lowest BCUT2D eigenvalue weighted by Crippen LogP contribution is -2.10. The van der Waals surface area contributed by atoms with E-state index in [2.05, 4.69) is 4.72 Å². The second kappa shape index (κ2) is 9.77. The predicted octanol–water partition coefficient (Wildman–Crippen LogP) is 3.48. The van der Waals surface area contributed by atoms with Crippen LogP contribution in [0.4, 0.5) is 5.69 Å². The van der Waals surface area contributed by atoms with Crippen LogP contribution in [0.1, 0.15) is 51.4 Å². The van der Waals surface area contributed by atoms with Gasteiger partial charge in [-0.1, -0.05) is 32.1 Å². The van der Waals surface area contributed by atoms with Crippen LogP contribution in [-0.4, -0.2) is 33.4 Å². The highest BCUT2D eigenvalue weighted by Gasteiger charge is 2.20. The monoisotopic (exact) mass is 369 g/mol. The van der Waals surface area contributed by atoms with Crippen LogP contribution in [0.15, 0.2) is 24.3 Å². The summed E-state index contributed by atoms with van der Waals surface area (Å²) in [4.78, 5) is 11.8. The zero-order valence-corrected chi connectivity index (χ0v) is 15.5. The van der Waals surface area contributed by atoms with Gasteiger partial charge in [0.05, 0.1) is 19.0 Å². The number of hydrogen-bond donors (Lipinski definition) is 1. The molecule has 0 spiro atoms. The molecule has 1 saturated heterocycles. The van der Waals surface area contributed by atoms with Crippen molar-refractivity contribution in [1.82, 2.24) is 0 Å². The Morgan fingerprint density at radius 3 is 2.32 bits per heavy atom. The molecule has 0 aliphatic carbocycles. The number of sulfonamides is 1. The number of anilines is 1. The molecule has 1 heterocycles. The fraction of sp³-hybridized carbons (Fsp3) is 0.611. The van der Waals surface area contributed by atoms with Gasteiger partial charge in [-0.3, -0.25) is 9.52 Å². The Morgan fingerprint density at radius 2 is 1.72 bits per heavy atom. The molecule has 1 aliphatic heterocycles. The Bertz CT molecular complexity index is 638. The minimum atomic E-state index is -3.30. The lowest BCUT2D eigenvalue weighted by Gasteiger charge is -2.07. The average Bonchev–Trinajstić information content (AvgIpc) is 3.35. The van der Waals surface area contributed by atoms with E-state index in [4.69, 9.17) is 9.47 Å². The Labute approximate surface area is 150 Å². The van der Waals surface area contributed by atoms with E-state index in [-0.39, 0.29) is 5.97 Å². The van der Waals surface area contributed by atoms with Gasteiger partial charge in [0.1, 0.15) is 5.75 Å². The summed E-state index contributed by atoms with van der Waals surface area (Å²) in [6.45, 7) is 0.944. The molecule has 0 amide bonds. The normalized spacial score (nSPS) is 16.4. The third-order valence-electron chi connectivity index (χ3n) is 3.95. The maximum absolute atomic E-state index is 11.8. The van der Waals surface area contributed by atoms with Gasteiger partial charge in [0, 0.05) is 12.1 Å². The summed E-state index contributed by atoms with van der Waals surface area (Å²) < 4.78 is 35.0. The number of unbranched alkanes of at least 4 members (excludes halogenated alkanes) is 5. The van der Waals surface area contributed by atoms with Crippen LogP contribution >= 0.6 is 0 Å². The van der Waals surface area contributed by atoms with Crippen molar-refractivity contribution in [3.8, 4) is 5.75 Å². The van der Waals surface area contributed by atoms with E-state index < -0.39 is 10.0 Å². The molecule has 140 valence electrons. The standard InChI is InChI=1S/C18H27NO5S/c1-25(21,22)19-15-10-12-16(13-11-15)24-18(20)9-7-5-3-2-4-6-8-17-14-23-17/h10-13,17,19H,2-9,14H2,1H3. The smallest absolute Gasteiger partial charge is 0.311 e. The summed E-state index contributed by atoms with van der Waals surface area (Å²) in [5, 5.41) is 0. The lowest BCUT2D eigenvalue weighted by molar-refractivity contribution is -0.134. The second-order valence-electron chi connectivity index (χ2n) is 6.49. The molecule has 1 unspecified atom stereocenters. The average molecular weight is 369 g/mol. The molecule has 0 saturated carbocycles. The molecule has 25 heavy (non-hydrogen) atoms. The van der Waals surface area contributed by atoms with Gasteiger partial charge < -0.3 is 9.47 Å². The van der Waals surface area contributed by atoms with Gasteiger partial charge in [-0.25, -0.2) is 8.42 Å². The molecule has 1 aliphatic rings. The first-order chi connectivity index (χ1) is 11.9. The third kappa shape index (κ3) is 9.45. The minimum Gasteiger partial charge on any atom is -0.427 e. The van der Waals surface area contributed by atoms with Crippen LogP contribution in [0.3, 0.4) is 0 Å². The molecule has 0 aromatic heterocycles. The summed E-state index contributed by atoms with van der Waals surface area (Å²) in [7, 11) is -3.30. The zero-order valence-electron chi connectivity index (χ0n) is 14.7. The number of ether oxygens (including phenoxy) is 2. The molecule has 0 bridgehead atoms.